The Labute approximate surface area is 91.7 Å². The summed E-state index contributed by atoms with van der Waals surface area (Å²) in [6.07, 6.45) is 1.33. The van der Waals surface area contributed by atoms with Crippen LogP contribution in [0.5, 0.6) is 0 Å². The molecular formula is C11H10N4O. The van der Waals surface area contributed by atoms with Gasteiger partial charge in [-0.15, -0.1) is 10.2 Å². The monoisotopic (exact) mass is 214 g/mol. The predicted molar refractivity (Wildman–Crippen MR) is 57.9 cm³/mol. The zero-order chi connectivity index (χ0) is 11.0. The highest BCUT2D eigenvalue weighted by Crippen LogP contribution is 2.17. The average molecular weight is 214 g/mol. The normalized spacial score (nSPS) is 11.1. The number of rotatable bonds is 2. The molecular weight excluding hydrogens is 204 g/mol. The Morgan fingerprint density at radius 3 is 3.00 bits per heavy atom. The van der Waals surface area contributed by atoms with Crippen molar-refractivity contribution < 1.29 is 4.42 Å². The summed E-state index contributed by atoms with van der Waals surface area (Å²) in [6.45, 7) is 2.50. The summed E-state index contributed by atoms with van der Waals surface area (Å²) >= 11 is 0. The van der Waals surface area contributed by atoms with Crippen LogP contribution >= 0.6 is 0 Å². The van der Waals surface area contributed by atoms with Gasteiger partial charge in [-0.1, -0.05) is 18.2 Å². The van der Waals surface area contributed by atoms with E-state index in [1.54, 1.807) is 0 Å². The lowest BCUT2D eigenvalue weighted by molar-refractivity contribution is 0.468. The van der Waals surface area contributed by atoms with E-state index in [4.69, 9.17) is 4.42 Å². The first-order valence-electron chi connectivity index (χ1n) is 5.02. The third-order valence-electron chi connectivity index (χ3n) is 2.53. The molecule has 0 amide bonds. The van der Waals surface area contributed by atoms with Crippen molar-refractivity contribution in [1.29, 1.82) is 0 Å². The summed E-state index contributed by atoms with van der Waals surface area (Å²) in [6, 6.07) is 8.09. The van der Waals surface area contributed by atoms with Crippen molar-refractivity contribution in [3.05, 3.63) is 42.2 Å². The van der Waals surface area contributed by atoms with Gasteiger partial charge in [0.15, 0.2) is 0 Å². The first-order chi connectivity index (χ1) is 7.84. The van der Waals surface area contributed by atoms with Crippen LogP contribution in [0.25, 0.3) is 10.9 Å². The summed E-state index contributed by atoms with van der Waals surface area (Å²) in [5.74, 6) is 0.563. The molecule has 0 unspecified atom stereocenters. The molecule has 0 atom stereocenters. The molecule has 3 rings (SSSR count). The minimum atomic E-state index is 0.508. The molecule has 0 radical (unpaired) electrons. The molecule has 2 aromatic heterocycles. The fourth-order valence-corrected chi connectivity index (χ4v) is 1.81. The van der Waals surface area contributed by atoms with E-state index >= 15 is 0 Å². The first kappa shape index (κ1) is 9.08. The molecule has 16 heavy (non-hydrogen) atoms. The second-order valence-corrected chi connectivity index (χ2v) is 3.59. The molecule has 0 saturated heterocycles. The van der Waals surface area contributed by atoms with Crippen molar-refractivity contribution in [1.82, 2.24) is 20.0 Å². The molecule has 2 heterocycles. The molecule has 0 saturated carbocycles. The molecule has 1 aromatic carbocycles. The van der Waals surface area contributed by atoms with Crippen LogP contribution in [0, 0.1) is 6.92 Å². The van der Waals surface area contributed by atoms with E-state index in [-0.39, 0.29) is 0 Å². The standard InChI is InChI=1S/C11H10N4O/c1-8-9-4-2-3-5-10(9)15(14-8)6-11-13-12-7-16-11/h2-5,7H,6H2,1H3. The maximum Gasteiger partial charge on any atom is 0.237 e. The van der Waals surface area contributed by atoms with Gasteiger partial charge in [0.25, 0.3) is 0 Å². The van der Waals surface area contributed by atoms with Gasteiger partial charge in [-0.2, -0.15) is 5.10 Å². The van der Waals surface area contributed by atoms with Gasteiger partial charge in [-0.05, 0) is 13.0 Å². The van der Waals surface area contributed by atoms with Gasteiger partial charge in [-0.3, -0.25) is 4.68 Å². The zero-order valence-electron chi connectivity index (χ0n) is 8.79. The topological polar surface area (TPSA) is 56.7 Å². The SMILES string of the molecule is Cc1nn(Cc2nnco2)c2ccccc12. The highest BCUT2D eigenvalue weighted by Gasteiger charge is 2.08. The predicted octanol–water partition coefficient (Wildman–Crippen LogP) is 1.78. The smallest absolute Gasteiger partial charge is 0.237 e. The lowest BCUT2D eigenvalue weighted by atomic mass is 10.2. The Balaban J connectivity index is 2.10. The van der Waals surface area contributed by atoms with Gasteiger partial charge in [-0.25, -0.2) is 0 Å². The molecule has 0 aliphatic rings. The summed E-state index contributed by atoms with van der Waals surface area (Å²) < 4.78 is 6.99. The van der Waals surface area contributed by atoms with Gasteiger partial charge < -0.3 is 4.42 Å². The Morgan fingerprint density at radius 2 is 2.19 bits per heavy atom. The van der Waals surface area contributed by atoms with Crippen molar-refractivity contribution in [3.63, 3.8) is 0 Å². The van der Waals surface area contributed by atoms with E-state index in [9.17, 15) is 0 Å². The second kappa shape index (κ2) is 3.44. The average Bonchev–Trinajstić information content (AvgIpc) is 2.90. The van der Waals surface area contributed by atoms with E-state index in [0.29, 0.717) is 12.4 Å². The third-order valence-corrected chi connectivity index (χ3v) is 2.53. The number of aryl methyl sites for hydroxylation is 1. The summed E-state index contributed by atoms with van der Waals surface area (Å²) in [4.78, 5) is 0. The van der Waals surface area contributed by atoms with Crippen LogP contribution in [0.3, 0.4) is 0 Å². The molecule has 0 N–H and O–H groups in total. The molecule has 0 bridgehead atoms. The molecule has 5 nitrogen and oxygen atoms in total. The fourth-order valence-electron chi connectivity index (χ4n) is 1.81. The van der Waals surface area contributed by atoms with Crippen LogP contribution in [-0.2, 0) is 6.54 Å². The Hall–Kier alpha value is -2.17. The van der Waals surface area contributed by atoms with Crippen molar-refractivity contribution >= 4 is 10.9 Å². The Kier molecular flexibility index (Phi) is 1.96. The van der Waals surface area contributed by atoms with E-state index in [1.165, 1.54) is 6.39 Å². The Morgan fingerprint density at radius 1 is 1.31 bits per heavy atom. The van der Waals surface area contributed by atoms with Gasteiger partial charge in [0, 0.05) is 5.39 Å². The lowest BCUT2D eigenvalue weighted by Gasteiger charge is -1.98. The number of para-hydroxylation sites is 1. The lowest BCUT2D eigenvalue weighted by Crippen LogP contribution is -2.02. The molecule has 0 fully saturated rings. The van der Waals surface area contributed by atoms with E-state index in [1.807, 2.05) is 29.8 Å². The number of nitrogens with zero attached hydrogens (tertiary/aromatic N) is 4. The van der Waals surface area contributed by atoms with Gasteiger partial charge in [0.1, 0.15) is 6.54 Å². The highest BCUT2D eigenvalue weighted by molar-refractivity contribution is 5.81. The molecule has 3 aromatic rings. The van der Waals surface area contributed by atoms with E-state index in [2.05, 4.69) is 21.4 Å². The van der Waals surface area contributed by atoms with Gasteiger partial charge in [0.05, 0.1) is 11.2 Å². The van der Waals surface area contributed by atoms with Gasteiger partial charge >= 0.3 is 0 Å². The van der Waals surface area contributed by atoms with Crippen molar-refractivity contribution in [2.75, 3.05) is 0 Å². The molecule has 0 aliphatic heterocycles. The van der Waals surface area contributed by atoms with E-state index in [0.717, 1.165) is 16.6 Å². The maximum absolute atomic E-state index is 5.11. The van der Waals surface area contributed by atoms with Crippen LogP contribution in [0.2, 0.25) is 0 Å². The molecule has 5 heteroatoms. The first-order valence-corrected chi connectivity index (χ1v) is 5.02. The number of hydrogen-bond donors (Lipinski definition) is 0. The van der Waals surface area contributed by atoms with Crippen LogP contribution in [0.1, 0.15) is 11.6 Å². The molecule has 0 spiro atoms. The minimum Gasteiger partial charge on any atom is -0.426 e. The largest absolute Gasteiger partial charge is 0.426 e. The van der Waals surface area contributed by atoms with Crippen molar-refractivity contribution in [2.24, 2.45) is 0 Å². The van der Waals surface area contributed by atoms with Crippen LogP contribution < -0.4 is 0 Å². The number of fused-ring (bicyclic) bond motifs is 1. The summed E-state index contributed by atoms with van der Waals surface area (Å²) in [5, 5.41) is 13.1. The maximum atomic E-state index is 5.11. The van der Waals surface area contributed by atoms with Crippen LogP contribution in [0.15, 0.2) is 35.1 Å². The van der Waals surface area contributed by atoms with Crippen LogP contribution in [-0.4, -0.2) is 20.0 Å². The Bertz CT molecular complexity index is 612. The van der Waals surface area contributed by atoms with E-state index < -0.39 is 0 Å². The molecule has 80 valence electrons. The third kappa shape index (κ3) is 1.37. The zero-order valence-corrected chi connectivity index (χ0v) is 8.79. The summed E-state index contributed by atoms with van der Waals surface area (Å²) in [5.41, 5.74) is 2.09. The number of aromatic nitrogens is 4. The highest BCUT2D eigenvalue weighted by atomic mass is 16.4. The number of benzene rings is 1. The van der Waals surface area contributed by atoms with Crippen LogP contribution in [0.4, 0.5) is 0 Å². The van der Waals surface area contributed by atoms with Crippen molar-refractivity contribution in [3.8, 4) is 0 Å². The minimum absolute atomic E-state index is 0.508. The summed E-state index contributed by atoms with van der Waals surface area (Å²) in [7, 11) is 0. The fraction of sp³-hybridized carbons (Fsp3) is 0.182. The second-order valence-electron chi connectivity index (χ2n) is 3.59. The number of hydrogen-bond acceptors (Lipinski definition) is 4. The van der Waals surface area contributed by atoms with Gasteiger partial charge in [0.2, 0.25) is 12.3 Å². The quantitative estimate of drug-likeness (QED) is 0.652. The molecule has 0 aliphatic carbocycles. The van der Waals surface area contributed by atoms with Crippen molar-refractivity contribution in [2.45, 2.75) is 13.5 Å².